The topological polar surface area (TPSA) is 67.2 Å². The fourth-order valence-electron chi connectivity index (χ4n) is 5.14. The average Bonchev–Trinajstić information content (AvgIpc) is 3.46. The summed E-state index contributed by atoms with van der Waals surface area (Å²) in [4.78, 5) is 17.3. The number of likely N-dealkylation sites (N-methyl/N-ethyl adjacent to an activating group) is 1. The first-order valence-corrected chi connectivity index (χ1v) is 11.4. The number of aromatic nitrogens is 4. The summed E-state index contributed by atoms with van der Waals surface area (Å²) < 4.78 is 2.07. The number of hydrogen-bond acceptors (Lipinski definition) is 5. The number of tetrazole rings is 1. The summed E-state index contributed by atoms with van der Waals surface area (Å²) in [7, 11) is 4.19. The third-order valence-corrected chi connectivity index (χ3v) is 6.96. The van der Waals surface area contributed by atoms with E-state index in [1.54, 1.807) is 0 Å². The molecule has 0 N–H and O–H groups in total. The first-order valence-electron chi connectivity index (χ1n) is 11.4. The van der Waals surface area contributed by atoms with Gasteiger partial charge in [0, 0.05) is 19.5 Å². The second-order valence-corrected chi connectivity index (χ2v) is 9.07. The Kier molecular flexibility index (Phi) is 6.46. The zero-order chi connectivity index (χ0) is 21.0. The molecule has 1 amide bonds. The van der Waals surface area contributed by atoms with Crippen LogP contribution in [0, 0.1) is 0 Å². The Morgan fingerprint density at radius 1 is 1.17 bits per heavy atom. The molecule has 1 aromatic heterocycles. The van der Waals surface area contributed by atoms with Crippen molar-refractivity contribution in [2.45, 2.75) is 69.4 Å². The van der Waals surface area contributed by atoms with Crippen LogP contribution >= 0.6 is 0 Å². The van der Waals surface area contributed by atoms with Gasteiger partial charge in [-0.2, -0.15) is 0 Å². The van der Waals surface area contributed by atoms with E-state index in [2.05, 4.69) is 63.5 Å². The zero-order valence-corrected chi connectivity index (χ0v) is 18.3. The Morgan fingerprint density at radius 2 is 1.93 bits per heavy atom. The van der Waals surface area contributed by atoms with E-state index >= 15 is 0 Å². The maximum absolute atomic E-state index is 13.1. The van der Waals surface area contributed by atoms with Crippen molar-refractivity contribution in [3.8, 4) is 0 Å². The predicted molar refractivity (Wildman–Crippen MR) is 116 cm³/mol. The summed E-state index contributed by atoms with van der Waals surface area (Å²) in [6.45, 7) is 1.49. The maximum Gasteiger partial charge on any atom is 0.222 e. The highest BCUT2D eigenvalue weighted by molar-refractivity contribution is 5.76. The molecular weight excluding hydrogens is 376 g/mol. The second-order valence-electron chi connectivity index (χ2n) is 9.07. The van der Waals surface area contributed by atoms with E-state index in [9.17, 15) is 4.79 Å². The summed E-state index contributed by atoms with van der Waals surface area (Å²) in [6.07, 6.45) is 9.13. The maximum atomic E-state index is 13.1. The van der Waals surface area contributed by atoms with Gasteiger partial charge in [-0.3, -0.25) is 9.69 Å². The van der Waals surface area contributed by atoms with E-state index in [4.69, 9.17) is 0 Å². The van der Waals surface area contributed by atoms with Crippen LogP contribution in [0.2, 0.25) is 0 Å². The number of rotatable bonds is 7. The second kappa shape index (κ2) is 9.25. The standard InChI is InChI=1S/C23H34N6O/c1-27(2)23(22-24-25-26-29(22)20-13-6-7-14-20)16-9-17-28(18-23)21(30)15-8-12-19-10-4-3-5-11-19/h3-5,10-11,20H,6-9,12-18H2,1-2H3. The first kappa shape index (κ1) is 21.0. The zero-order valence-electron chi connectivity index (χ0n) is 18.3. The first-order chi connectivity index (χ1) is 14.6. The Hall–Kier alpha value is -2.28. The number of carbonyl (C=O) groups is 1. The molecule has 7 nitrogen and oxygen atoms in total. The molecule has 4 rings (SSSR count). The molecule has 162 valence electrons. The van der Waals surface area contributed by atoms with Gasteiger partial charge < -0.3 is 4.90 Å². The predicted octanol–water partition coefficient (Wildman–Crippen LogP) is 3.19. The van der Waals surface area contributed by atoms with E-state index in [1.165, 1.54) is 18.4 Å². The van der Waals surface area contributed by atoms with Crippen molar-refractivity contribution >= 4 is 5.91 Å². The molecule has 1 saturated carbocycles. The largest absolute Gasteiger partial charge is 0.340 e. The smallest absolute Gasteiger partial charge is 0.222 e. The molecule has 0 bridgehead atoms. The van der Waals surface area contributed by atoms with Crippen molar-refractivity contribution in [2.75, 3.05) is 27.2 Å². The summed E-state index contributed by atoms with van der Waals surface area (Å²) >= 11 is 0. The van der Waals surface area contributed by atoms with Gasteiger partial charge in [-0.25, -0.2) is 4.68 Å². The molecule has 1 aromatic carbocycles. The Balaban J connectivity index is 1.46. The number of nitrogens with zero attached hydrogens (tertiary/aromatic N) is 6. The monoisotopic (exact) mass is 410 g/mol. The molecule has 1 saturated heterocycles. The molecule has 1 aliphatic carbocycles. The van der Waals surface area contributed by atoms with E-state index in [-0.39, 0.29) is 11.4 Å². The van der Waals surface area contributed by atoms with Crippen molar-refractivity contribution in [1.29, 1.82) is 0 Å². The van der Waals surface area contributed by atoms with Gasteiger partial charge in [-0.1, -0.05) is 43.2 Å². The average molecular weight is 411 g/mol. The number of piperidine rings is 1. The van der Waals surface area contributed by atoms with Gasteiger partial charge in [0.25, 0.3) is 0 Å². The van der Waals surface area contributed by atoms with E-state index in [0.717, 1.165) is 50.9 Å². The van der Waals surface area contributed by atoms with Crippen LogP contribution < -0.4 is 0 Å². The van der Waals surface area contributed by atoms with Gasteiger partial charge in [0.1, 0.15) is 5.54 Å². The van der Waals surface area contributed by atoms with Crippen LogP contribution in [0.3, 0.4) is 0 Å². The lowest BCUT2D eigenvalue weighted by Gasteiger charge is -2.46. The van der Waals surface area contributed by atoms with Crippen molar-refractivity contribution in [3.63, 3.8) is 0 Å². The Labute approximate surface area is 179 Å². The highest BCUT2D eigenvalue weighted by Crippen LogP contribution is 2.38. The molecule has 2 aromatic rings. The number of hydrogen-bond donors (Lipinski definition) is 0. The van der Waals surface area contributed by atoms with Gasteiger partial charge in [0.15, 0.2) is 5.82 Å². The van der Waals surface area contributed by atoms with Crippen LogP contribution in [0.1, 0.15) is 68.8 Å². The molecule has 0 radical (unpaired) electrons. The number of aryl methyl sites for hydroxylation is 1. The van der Waals surface area contributed by atoms with Crippen molar-refractivity contribution < 1.29 is 4.79 Å². The van der Waals surface area contributed by atoms with Gasteiger partial charge in [-0.05, 0) is 68.6 Å². The Bertz CT molecular complexity index is 829. The van der Waals surface area contributed by atoms with Gasteiger partial charge in [0.2, 0.25) is 5.91 Å². The third kappa shape index (κ3) is 4.26. The number of benzene rings is 1. The fraction of sp³-hybridized carbons (Fsp3) is 0.652. The van der Waals surface area contributed by atoms with Crippen LogP contribution in [0.5, 0.6) is 0 Å². The van der Waals surface area contributed by atoms with Crippen LogP contribution in [-0.2, 0) is 16.8 Å². The molecule has 30 heavy (non-hydrogen) atoms. The quantitative estimate of drug-likeness (QED) is 0.701. The number of likely N-dealkylation sites (tertiary alicyclic amines) is 1. The molecule has 2 aliphatic rings. The lowest BCUT2D eigenvalue weighted by Crippen LogP contribution is -2.56. The molecule has 1 unspecified atom stereocenters. The number of carbonyl (C=O) groups excluding carboxylic acids is 1. The molecule has 7 heteroatoms. The minimum absolute atomic E-state index is 0.247. The van der Waals surface area contributed by atoms with Gasteiger partial charge in [0.05, 0.1) is 6.04 Å². The highest BCUT2D eigenvalue weighted by Gasteiger charge is 2.45. The third-order valence-electron chi connectivity index (χ3n) is 6.96. The SMILES string of the molecule is CN(C)C1(c2nnnn2C2CCCC2)CCCN(C(=O)CCCc2ccccc2)C1. The van der Waals surface area contributed by atoms with Crippen LogP contribution in [0.4, 0.5) is 0 Å². The summed E-state index contributed by atoms with van der Waals surface area (Å²) in [5.74, 6) is 1.18. The van der Waals surface area contributed by atoms with Crippen LogP contribution in [0.15, 0.2) is 30.3 Å². The molecule has 2 heterocycles. The van der Waals surface area contributed by atoms with E-state index in [0.29, 0.717) is 19.0 Å². The minimum Gasteiger partial charge on any atom is -0.340 e. The van der Waals surface area contributed by atoms with Gasteiger partial charge in [-0.15, -0.1) is 5.10 Å². The number of amides is 1. The minimum atomic E-state index is -0.320. The van der Waals surface area contributed by atoms with Crippen molar-refractivity contribution in [3.05, 3.63) is 41.7 Å². The lowest BCUT2D eigenvalue weighted by atomic mass is 9.86. The fourth-order valence-corrected chi connectivity index (χ4v) is 5.14. The van der Waals surface area contributed by atoms with E-state index < -0.39 is 0 Å². The van der Waals surface area contributed by atoms with Crippen molar-refractivity contribution in [2.24, 2.45) is 0 Å². The molecule has 1 aliphatic heterocycles. The molecular formula is C23H34N6O. The van der Waals surface area contributed by atoms with Crippen molar-refractivity contribution in [1.82, 2.24) is 30.0 Å². The normalized spacial score (nSPS) is 22.7. The molecule has 2 fully saturated rings. The summed E-state index contributed by atoms with van der Waals surface area (Å²) in [5.41, 5.74) is 0.974. The summed E-state index contributed by atoms with van der Waals surface area (Å²) in [6, 6.07) is 10.8. The highest BCUT2D eigenvalue weighted by atomic mass is 16.2. The lowest BCUT2D eigenvalue weighted by molar-refractivity contribution is -0.135. The van der Waals surface area contributed by atoms with Gasteiger partial charge >= 0.3 is 0 Å². The van der Waals surface area contributed by atoms with E-state index in [1.807, 2.05) is 11.0 Å². The van der Waals surface area contributed by atoms with Crippen LogP contribution in [-0.4, -0.2) is 63.1 Å². The van der Waals surface area contributed by atoms with Crippen LogP contribution in [0.25, 0.3) is 0 Å². The molecule has 0 spiro atoms. The Morgan fingerprint density at radius 3 is 2.67 bits per heavy atom. The molecule has 1 atom stereocenters. The summed E-state index contributed by atoms with van der Waals surface area (Å²) in [5, 5.41) is 12.9.